The molecule has 4 aromatic rings. The summed E-state index contributed by atoms with van der Waals surface area (Å²) in [5.74, 6) is 1.28. The van der Waals surface area contributed by atoms with Gasteiger partial charge in [0.2, 0.25) is 0 Å². The van der Waals surface area contributed by atoms with Gasteiger partial charge in [0.05, 0.1) is 27.8 Å². The van der Waals surface area contributed by atoms with Crippen molar-refractivity contribution in [3.8, 4) is 22.1 Å². The zero-order chi connectivity index (χ0) is 22.5. The van der Waals surface area contributed by atoms with E-state index in [4.69, 9.17) is 4.74 Å². The molecule has 0 saturated heterocycles. The first-order valence-corrected chi connectivity index (χ1v) is 11.6. The van der Waals surface area contributed by atoms with E-state index in [1.807, 2.05) is 53.3 Å². The normalized spacial score (nSPS) is 10.8. The van der Waals surface area contributed by atoms with E-state index >= 15 is 0 Å². The molecule has 0 saturated carbocycles. The number of carbonyl (C=O) groups is 1. The molecular formula is C22H18N4O4S2. The number of ether oxygens (including phenoxy) is 1. The van der Waals surface area contributed by atoms with Crippen LogP contribution in [0.1, 0.15) is 17.3 Å². The van der Waals surface area contributed by atoms with Gasteiger partial charge in [-0.2, -0.15) is 0 Å². The van der Waals surface area contributed by atoms with E-state index in [9.17, 15) is 14.9 Å². The van der Waals surface area contributed by atoms with Crippen molar-refractivity contribution in [2.24, 2.45) is 0 Å². The van der Waals surface area contributed by atoms with E-state index in [1.54, 1.807) is 17.4 Å². The number of Topliss-reactive ketones (excluding diaryl/α,β-unsaturated/α-hetero) is 1. The Morgan fingerprint density at radius 2 is 1.97 bits per heavy atom. The van der Waals surface area contributed by atoms with E-state index in [0.717, 1.165) is 16.3 Å². The van der Waals surface area contributed by atoms with E-state index in [1.165, 1.54) is 30.0 Å². The van der Waals surface area contributed by atoms with Gasteiger partial charge in [-0.15, -0.1) is 21.5 Å². The predicted octanol–water partition coefficient (Wildman–Crippen LogP) is 5.28. The van der Waals surface area contributed by atoms with Crippen molar-refractivity contribution in [1.82, 2.24) is 14.8 Å². The van der Waals surface area contributed by atoms with Crippen LogP contribution in [0.5, 0.6) is 5.75 Å². The summed E-state index contributed by atoms with van der Waals surface area (Å²) >= 11 is 2.78. The van der Waals surface area contributed by atoms with Crippen LogP contribution in [0.4, 0.5) is 5.69 Å². The number of hydrogen-bond acceptors (Lipinski definition) is 8. The maximum Gasteiger partial charge on any atom is 0.270 e. The number of aromatic nitrogens is 3. The molecule has 0 radical (unpaired) electrons. The third kappa shape index (κ3) is 4.71. The van der Waals surface area contributed by atoms with Crippen LogP contribution >= 0.6 is 23.1 Å². The first-order valence-electron chi connectivity index (χ1n) is 9.70. The molecule has 0 spiro atoms. The molecule has 0 aliphatic carbocycles. The molecule has 8 nitrogen and oxygen atoms in total. The minimum absolute atomic E-state index is 0.0702. The van der Waals surface area contributed by atoms with Gasteiger partial charge in [-0.25, -0.2) is 0 Å². The average Bonchev–Trinajstić information content (AvgIpc) is 3.48. The fourth-order valence-corrected chi connectivity index (χ4v) is 4.57. The fraction of sp³-hybridized carbons (Fsp3) is 0.136. The lowest BCUT2D eigenvalue weighted by Crippen LogP contribution is -2.05. The molecule has 0 aliphatic heterocycles. The lowest BCUT2D eigenvalue weighted by molar-refractivity contribution is -0.384. The molecule has 2 heterocycles. The molecule has 0 bridgehead atoms. The highest BCUT2D eigenvalue weighted by Crippen LogP contribution is 2.31. The zero-order valence-corrected chi connectivity index (χ0v) is 18.6. The molecular weight excluding hydrogens is 448 g/mol. The Kier molecular flexibility index (Phi) is 6.62. The second kappa shape index (κ2) is 9.75. The average molecular weight is 467 g/mol. The highest BCUT2D eigenvalue weighted by Gasteiger charge is 2.19. The number of ketones is 1. The van der Waals surface area contributed by atoms with Crippen LogP contribution in [0.25, 0.3) is 16.4 Å². The Balaban J connectivity index is 1.62. The van der Waals surface area contributed by atoms with Crippen molar-refractivity contribution < 1.29 is 14.5 Å². The first kappa shape index (κ1) is 21.7. The SMILES string of the molecule is CCOc1ccc(-n2c(SCC(=O)c3cccc([N+](=O)[O-])c3)nnc2-c2cccs2)cc1. The van der Waals surface area contributed by atoms with E-state index in [2.05, 4.69) is 10.2 Å². The maximum absolute atomic E-state index is 12.7. The third-order valence-electron chi connectivity index (χ3n) is 4.49. The molecule has 0 aliphatic rings. The van der Waals surface area contributed by atoms with Crippen LogP contribution < -0.4 is 4.74 Å². The third-order valence-corrected chi connectivity index (χ3v) is 6.29. The van der Waals surface area contributed by atoms with Crippen molar-refractivity contribution in [2.75, 3.05) is 12.4 Å². The topological polar surface area (TPSA) is 100 Å². The summed E-state index contributed by atoms with van der Waals surface area (Å²) in [6, 6.07) is 17.2. The molecule has 32 heavy (non-hydrogen) atoms. The van der Waals surface area contributed by atoms with Gasteiger partial charge in [0.1, 0.15) is 5.75 Å². The summed E-state index contributed by atoms with van der Waals surface area (Å²) in [5.41, 5.74) is 1.02. The summed E-state index contributed by atoms with van der Waals surface area (Å²) in [6.07, 6.45) is 0. The van der Waals surface area contributed by atoms with Crippen LogP contribution in [-0.4, -0.2) is 37.8 Å². The van der Waals surface area contributed by atoms with Gasteiger partial charge in [0, 0.05) is 17.7 Å². The van der Waals surface area contributed by atoms with E-state index < -0.39 is 4.92 Å². The summed E-state index contributed by atoms with van der Waals surface area (Å²) < 4.78 is 7.42. The summed E-state index contributed by atoms with van der Waals surface area (Å²) in [7, 11) is 0. The van der Waals surface area contributed by atoms with Crippen LogP contribution in [0.2, 0.25) is 0 Å². The highest BCUT2D eigenvalue weighted by atomic mass is 32.2. The van der Waals surface area contributed by atoms with Gasteiger partial charge in [-0.3, -0.25) is 19.5 Å². The Hall–Kier alpha value is -3.50. The number of nitro groups is 1. The minimum Gasteiger partial charge on any atom is -0.494 e. The molecule has 4 rings (SSSR count). The Labute approximate surface area is 192 Å². The zero-order valence-electron chi connectivity index (χ0n) is 17.0. The lowest BCUT2D eigenvalue weighted by atomic mass is 10.1. The van der Waals surface area contributed by atoms with Gasteiger partial charge in [-0.1, -0.05) is 30.0 Å². The Morgan fingerprint density at radius 1 is 1.16 bits per heavy atom. The number of nitro benzene ring substituents is 1. The van der Waals surface area contributed by atoms with E-state index in [0.29, 0.717) is 17.6 Å². The summed E-state index contributed by atoms with van der Waals surface area (Å²) in [6.45, 7) is 2.50. The number of nitrogens with zero attached hydrogens (tertiary/aromatic N) is 4. The molecule has 0 atom stereocenters. The van der Waals surface area contributed by atoms with Crippen molar-refractivity contribution in [3.05, 3.63) is 81.7 Å². The Morgan fingerprint density at radius 3 is 2.66 bits per heavy atom. The van der Waals surface area contributed by atoms with Gasteiger partial charge in [0.15, 0.2) is 16.8 Å². The van der Waals surface area contributed by atoms with Crippen LogP contribution in [0, 0.1) is 10.1 Å². The van der Waals surface area contributed by atoms with Crippen molar-refractivity contribution in [1.29, 1.82) is 0 Å². The molecule has 2 aromatic heterocycles. The lowest BCUT2D eigenvalue weighted by Gasteiger charge is -2.10. The van der Waals surface area contributed by atoms with Gasteiger partial charge in [0.25, 0.3) is 5.69 Å². The highest BCUT2D eigenvalue weighted by molar-refractivity contribution is 7.99. The smallest absolute Gasteiger partial charge is 0.270 e. The molecule has 0 N–H and O–H groups in total. The number of benzene rings is 2. The van der Waals surface area contributed by atoms with Crippen molar-refractivity contribution >= 4 is 34.6 Å². The number of non-ortho nitro benzene ring substituents is 1. The second-order valence-corrected chi connectivity index (χ2v) is 8.46. The minimum atomic E-state index is -0.514. The largest absolute Gasteiger partial charge is 0.494 e. The van der Waals surface area contributed by atoms with E-state index in [-0.39, 0.29) is 22.8 Å². The van der Waals surface area contributed by atoms with Crippen LogP contribution in [-0.2, 0) is 0 Å². The van der Waals surface area contributed by atoms with Crippen molar-refractivity contribution in [2.45, 2.75) is 12.1 Å². The van der Waals surface area contributed by atoms with Crippen molar-refractivity contribution in [3.63, 3.8) is 0 Å². The maximum atomic E-state index is 12.7. The first-order chi connectivity index (χ1) is 15.6. The molecule has 0 unspecified atom stereocenters. The standard InChI is InChI=1S/C22H18N4O4S2/c1-2-30-18-10-8-16(9-11-18)25-21(20-7-4-12-31-20)23-24-22(25)32-14-19(27)15-5-3-6-17(13-15)26(28)29/h3-13H,2,14H2,1H3. The summed E-state index contributed by atoms with van der Waals surface area (Å²) in [5, 5.41) is 22.2. The number of rotatable bonds is 9. The molecule has 0 amide bonds. The number of thiophene rings is 1. The Bertz CT molecular complexity index is 1240. The molecule has 2 aromatic carbocycles. The number of hydrogen-bond donors (Lipinski definition) is 0. The molecule has 10 heteroatoms. The molecule has 0 fully saturated rings. The van der Waals surface area contributed by atoms with Gasteiger partial charge >= 0.3 is 0 Å². The predicted molar refractivity (Wildman–Crippen MR) is 124 cm³/mol. The van der Waals surface area contributed by atoms with Crippen LogP contribution in [0.15, 0.2) is 71.2 Å². The van der Waals surface area contributed by atoms with Gasteiger partial charge in [-0.05, 0) is 42.6 Å². The number of thioether (sulfide) groups is 1. The van der Waals surface area contributed by atoms with Crippen LogP contribution in [0.3, 0.4) is 0 Å². The second-order valence-electron chi connectivity index (χ2n) is 6.57. The van der Waals surface area contributed by atoms with Gasteiger partial charge < -0.3 is 4.74 Å². The fourth-order valence-electron chi connectivity index (χ4n) is 3.03. The molecule has 162 valence electrons. The number of carbonyl (C=O) groups excluding carboxylic acids is 1. The quantitative estimate of drug-likeness (QED) is 0.143. The summed E-state index contributed by atoms with van der Waals surface area (Å²) in [4.78, 5) is 24.1. The monoisotopic (exact) mass is 466 g/mol.